The van der Waals surface area contributed by atoms with Crippen molar-refractivity contribution >= 4 is 5.91 Å². The molecule has 2 aromatic heterocycles. The molecule has 0 saturated heterocycles. The van der Waals surface area contributed by atoms with Crippen molar-refractivity contribution in [1.29, 1.82) is 0 Å². The molecule has 2 heterocycles. The molecule has 0 aromatic carbocycles. The van der Waals surface area contributed by atoms with Crippen LogP contribution in [0.2, 0.25) is 0 Å². The molecule has 0 radical (unpaired) electrons. The molecular weight excluding hydrogens is 308 g/mol. The minimum absolute atomic E-state index is 0.0496. The predicted molar refractivity (Wildman–Crippen MR) is 89.1 cm³/mol. The van der Waals surface area contributed by atoms with E-state index in [-0.39, 0.29) is 29.1 Å². The smallest absolute Gasteiger partial charge is 0.267 e. The van der Waals surface area contributed by atoms with Crippen LogP contribution in [0.4, 0.5) is 0 Å². The third-order valence-electron chi connectivity index (χ3n) is 4.37. The lowest BCUT2D eigenvalue weighted by molar-refractivity contribution is 0.0921. The molecule has 7 nitrogen and oxygen atoms in total. The zero-order chi connectivity index (χ0) is 17.1. The molecule has 3 rings (SSSR count). The second kappa shape index (κ2) is 6.82. The number of H-pyrrole nitrogens is 1. The van der Waals surface area contributed by atoms with Gasteiger partial charge in [0.25, 0.3) is 11.5 Å². The van der Waals surface area contributed by atoms with Gasteiger partial charge in [-0.3, -0.25) is 14.4 Å². The lowest BCUT2D eigenvalue weighted by Gasteiger charge is -2.29. The molecule has 0 bridgehead atoms. The Kier molecular flexibility index (Phi) is 4.59. The molecular formula is C17H20N4O3. The van der Waals surface area contributed by atoms with E-state index in [0.29, 0.717) is 5.56 Å². The maximum absolute atomic E-state index is 12.2. The summed E-state index contributed by atoms with van der Waals surface area (Å²) in [4.78, 5) is 37.9. The molecule has 24 heavy (non-hydrogen) atoms. The average molecular weight is 328 g/mol. The number of nitrogens with one attached hydrogen (secondary N) is 2. The predicted octanol–water partition coefficient (Wildman–Crippen LogP) is 1.15. The molecule has 1 saturated carbocycles. The van der Waals surface area contributed by atoms with Crippen LogP contribution in [0.5, 0.6) is 0 Å². The fourth-order valence-corrected chi connectivity index (χ4v) is 3.10. The van der Waals surface area contributed by atoms with Gasteiger partial charge >= 0.3 is 0 Å². The SMILES string of the molecule is Cc1ccc(=O)n(C2CCC(NC(=O)c3cc[nH]c(=O)c3)CC2)n1. The number of aryl methyl sites for hydroxylation is 1. The first-order chi connectivity index (χ1) is 11.5. The van der Waals surface area contributed by atoms with Gasteiger partial charge in [0.15, 0.2) is 0 Å². The van der Waals surface area contributed by atoms with E-state index >= 15 is 0 Å². The first kappa shape index (κ1) is 16.2. The van der Waals surface area contributed by atoms with Gasteiger partial charge in [0.2, 0.25) is 5.56 Å². The van der Waals surface area contributed by atoms with Gasteiger partial charge in [-0.2, -0.15) is 5.10 Å². The third-order valence-corrected chi connectivity index (χ3v) is 4.37. The van der Waals surface area contributed by atoms with E-state index in [1.54, 1.807) is 22.9 Å². The lowest BCUT2D eigenvalue weighted by Crippen LogP contribution is -2.39. The maximum Gasteiger partial charge on any atom is 0.267 e. The summed E-state index contributed by atoms with van der Waals surface area (Å²) < 4.78 is 1.56. The fraction of sp³-hybridized carbons (Fsp3) is 0.412. The number of pyridine rings is 1. The molecule has 1 aliphatic rings. The van der Waals surface area contributed by atoms with E-state index in [9.17, 15) is 14.4 Å². The molecule has 1 fully saturated rings. The molecule has 1 aliphatic carbocycles. The summed E-state index contributed by atoms with van der Waals surface area (Å²) in [5, 5.41) is 7.28. The van der Waals surface area contributed by atoms with Gasteiger partial charge in [-0.1, -0.05) is 0 Å². The van der Waals surface area contributed by atoms with Crippen LogP contribution in [0.25, 0.3) is 0 Å². The summed E-state index contributed by atoms with van der Waals surface area (Å²) >= 11 is 0. The summed E-state index contributed by atoms with van der Waals surface area (Å²) in [6.07, 6.45) is 4.60. The number of hydrogen-bond acceptors (Lipinski definition) is 4. The number of rotatable bonds is 3. The number of nitrogens with zero attached hydrogens (tertiary/aromatic N) is 2. The highest BCUT2D eigenvalue weighted by Gasteiger charge is 2.25. The van der Waals surface area contributed by atoms with Crippen LogP contribution in [0, 0.1) is 6.92 Å². The van der Waals surface area contributed by atoms with Gasteiger partial charge < -0.3 is 10.3 Å². The first-order valence-electron chi connectivity index (χ1n) is 8.09. The number of hydrogen-bond donors (Lipinski definition) is 2. The van der Waals surface area contributed by atoms with Crippen LogP contribution < -0.4 is 16.4 Å². The Morgan fingerprint density at radius 2 is 1.96 bits per heavy atom. The van der Waals surface area contributed by atoms with Crippen molar-refractivity contribution in [2.45, 2.75) is 44.7 Å². The Labute approximate surface area is 138 Å². The highest BCUT2D eigenvalue weighted by Crippen LogP contribution is 2.27. The van der Waals surface area contributed by atoms with E-state index in [0.717, 1.165) is 31.4 Å². The van der Waals surface area contributed by atoms with Crippen molar-refractivity contribution in [3.8, 4) is 0 Å². The van der Waals surface area contributed by atoms with Gasteiger partial charge in [-0.05, 0) is 44.7 Å². The summed E-state index contributed by atoms with van der Waals surface area (Å²) in [6, 6.07) is 6.25. The fourth-order valence-electron chi connectivity index (χ4n) is 3.10. The third kappa shape index (κ3) is 3.61. The van der Waals surface area contributed by atoms with Gasteiger partial charge in [0.1, 0.15) is 0 Å². The second-order valence-corrected chi connectivity index (χ2v) is 6.18. The van der Waals surface area contributed by atoms with Crippen LogP contribution in [0.1, 0.15) is 47.8 Å². The van der Waals surface area contributed by atoms with Gasteiger partial charge in [0.05, 0.1) is 11.7 Å². The van der Waals surface area contributed by atoms with Crippen LogP contribution in [-0.2, 0) is 0 Å². The maximum atomic E-state index is 12.2. The molecule has 0 aliphatic heterocycles. The normalized spacial score (nSPS) is 20.5. The van der Waals surface area contributed by atoms with Gasteiger partial charge in [0, 0.05) is 29.9 Å². The van der Waals surface area contributed by atoms with Crippen LogP contribution in [-0.4, -0.2) is 26.7 Å². The molecule has 7 heteroatoms. The Hall–Kier alpha value is -2.70. The highest BCUT2D eigenvalue weighted by atomic mass is 16.2. The van der Waals surface area contributed by atoms with E-state index in [1.165, 1.54) is 12.3 Å². The van der Waals surface area contributed by atoms with Crippen molar-refractivity contribution in [2.24, 2.45) is 0 Å². The first-order valence-corrected chi connectivity index (χ1v) is 8.09. The standard InChI is InChI=1S/C17H20N4O3/c1-11-2-7-16(23)21(20-11)14-5-3-13(4-6-14)19-17(24)12-8-9-18-15(22)10-12/h2,7-10,13-14H,3-6H2,1H3,(H,18,22)(H,19,24). The Bertz CT molecular complexity index is 847. The topological polar surface area (TPSA) is 96.9 Å². The average Bonchev–Trinajstić information content (AvgIpc) is 2.58. The van der Waals surface area contributed by atoms with E-state index < -0.39 is 0 Å². The second-order valence-electron chi connectivity index (χ2n) is 6.18. The monoisotopic (exact) mass is 328 g/mol. The Balaban J connectivity index is 1.61. The van der Waals surface area contributed by atoms with E-state index in [4.69, 9.17) is 0 Å². The van der Waals surface area contributed by atoms with Gasteiger partial charge in [-0.15, -0.1) is 0 Å². The number of aromatic nitrogens is 3. The number of amides is 1. The quantitative estimate of drug-likeness (QED) is 0.883. The lowest BCUT2D eigenvalue weighted by atomic mass is 9.91. The molecule has 126 valence electrons. The summed E-state index contributed by atoms with van der Waals surface area (Å²) in [7, 11) is 0. The van der Waals surface area contributed by atoms with E-state index in [2.05, 4.69) is 15.4 Å². The summed E-state index contributed by atoms with van der Waals surface area (Å²) in [5.41, 5.74) is 0.796. The molecule has 0 unspecified atom stereocenters. The zero-order valence-corrected chi connectivity index (χ0v) is 13.5. The summed E-state index contributed by atoms with van der Waals surface area (Å²) in [6.45, 7) is 1.86. The molecule has 0 spiro atoms. The largest absolute Gasteiger partial charge is 0.349 e. The Morgan fingerprint density at radius 3 is 2.67 bits per heavy atom. The molecule has 2 aromatic rings. The van der Waals surface area contributed by atoms with E-state index in [1.807, 2.05) is 6.92 Å². The van der Waals surface area contributed by atoms with Crippen molar-refractivity contribution in [3.05, 3.63) is 62.4 Å². The number of carbonyl (C=O) groups excluding carboxylic acids is 1. The van der Waals surface area contributed by atoms with Crippen molar-refractivity contribution < 1.29 is 4.79 Å². The molecule has 1 amide bonds. The van der Waals surface area contributed by atoms with Crippen LogP contribution in [0.3, 0.4) is 0 Å². The highest BCUT2D eigenvalue weighted by molar-refractivity contribution is 5.94. The van der Waals surface area contributed by atoms with Crippen LogP contribution in [0.15, 0.2) is 40.1 Å². The molecule has 2 N–H and O–H groups in total. The minimum Gasteiger partial charge on any atom is -0.349 e. The van der Waals surface area contributed by atoms with Gasteiger partial charge in [-0.25, -0.2) is 4.68 Å². The summed E-state index contributed by atoms with van der Waals surface area (Å²) in [5.74, 6) is -0.240. The zero-order valence-electron chi connectivity index (χ0n) is 13.5. The van der Waals surface area contributed by atoms with Crippen molar-refractivity contribution in [3.63, 3.8) is 0 Å². The molecule has 0 atom stereocenters. The van der Waals surface area contributed by atoms with Crippen molar-refractivity contribution in [1.82, 2.24) is 20.1 Å². The van der Waals surface area contributed by atoms with Crippen LogP contribution >= 0.6 is 0 Å². The van der Waals surface area contributed by atoms with Crippen molar-refractivity contribution in [2.75, 3.05) is 0 Å². The number of aromatic amines is 1. The number of carbonyl (C=O) groups is 1. The Morgan fingerprint density at radius 1 is 1.21 bits per heavy atom. The minimum atomic E-state index is -0.295.